The number of carbonyl (C=O) groups excluding carboxylic acids is 2. The third kappa shape index (κ3) is 1.81. The molecular weight excluding hydrogens is 192 g/mol. The Bertz CT molecular complexity index is 369. The lowest BCUT2D eigenvalue weighted by molar-refractivity contribution is -0.114. The van der Waals surface area contributed by atoms with Crippen molar-refractivity contribution >= 4 is 24.0 Å². The van der Waals surface area contributed by atoms with E-state index in [0.29, 0.717) is 0 Å². The maximum atomic E-state index is 10.9. The van der Waals surface area contributed by atoms with Crippen LogP contribution in [0.3, 0.4) is 0 Å². The first-order valence-corrected chi connectivity index (χ1v) is 3.02. The Hall–Kier alpha value is -1.91. The first-order chi connectivity index (χ1) is 5.70. The van der Waals surface area contributed by atoms with Crippen molar-refractivity contribution in [3.8, 4) is 12.1 Å². The van der Waals surface area contributed by atoms with E-state index in [9.17, 15) is 9.59 Å². The molecule has 0 spiro atoms. The van der Waals surface area contributed by atoms with Crippen LogP contribution in [0.1, 0.15) is 0 Å². The molecule has 0 fully saturated rings. The summed E-state index contributed by atoms with van der Waals surface area (Å²) in [5.41, 5.74) is -0.741. The van der Waals surface area contributed by atoms with E-state index >= 15 is 0 Å². The van der Waals surface area contributed by atoms with Gasteiger partial charge in [-0.1, -0.05) is 0 Å². The monoisotopic (exact) mass is 194 g/mol. The van der Waals surface area contributed by atoms with Crippen molar-refractivity contribution in [2.75, 3.05) is 0 Å². The third-order valence-corrected chi connectivity index (χ3v) is 1.35. The second-order valence-electron chi connectivity index (χ2n) is 2.04. The number of nitrogens with zero attached hydrogens (tertiary/aromatic N) is 2. The Morgan fingerprint density at radius 1 is 0.923 bits per heavy atom. The molecule has 0 radical (unpaired) electrons. The molecule has 0 saturated carbocycles. The molecule has 0 amide bonds. The summed E-state index contributed by atoms with van der Waals surface area (Å²) in [5, 5.41) is 16.8. The van der Waals surface area contributed by atoms with Crippen molar-refractivity contribution in [3.63, 3.8) is 0 Å². The normalized spacial score (nSPS) is 14.6. The zero-order chi connectivity index (χ0) is 9.14. The summed E-state index contributed by atoms with van der Waals surface area (Å²) < 4.78 is 0. The molecular formula is C8H3ClN2O2. The summed E-state index contributed by atoms with van der Waals surface area (Å²) in [4.78, 5) is 21.7. The van der Waals surface area contributed by atoms with E-state index in [0.717, 1.165) is 12.2 Å². The van der Waals surface area contributed by atoms with Gasteiger partial charge in [-0.05, 0) is 12.2 Å². The lowest BCUT2D eigenvalue weighted by Crippen LogP contribution is -2.12. The molecule has 13 heavy (non-hydrogen) atoms. The van der Waals surface area contributed by atoms with Crippen molar-refractivity contribution in [3.05, 3.63) is 23.3 Å². The van der Waals surface area contributed by atoms with Gasteiger partial charge in [0.05, 0.1) is 0 Å². The number of rotatable bonds is 0. The van der Waals surface area contributed by atoms with Crippen molar-refractivity contribution in [2.24, 2.45) is 0 Å². The average Bonchev–Trinajstić information content (AvgIpc) is 2.08. The van der Waals surface area contributed by atoms with E-state index in [1.165, 1.54) is 12.1 Å². The lowest BCUT2D eigenvalue weighted by atomic mass is 9.97. The van der Waals surface area contributed by atoms with Gasteiger partial charge in [0, 0.05) is 0 Å². The quantitative estimate of drug-likeness (QED) is 0.525. The molecule has 0 aliphatic heterocycles. The van der Waals surface area contributed by atoms with Gasteiger partial charge in [0.1, 0.15) is 23.3 Å². The standard InChI is InChI=1S/C8H2N2O2.ClH/c9-3-5-6(4-10)8(12)2-1-7(5)11;/h1-2H;1H. The number of ketones is 2. The number of nitriles is 2. The number of allylic oxidation sites excluding steroid dienone is 4. The highest BCUT2D eigenvalue weighted by Gasteiger charge is 2.21. The SMILES string of the molecule is Cl.N#CC1=C(C#N)C(=O)C=CC1=O. The van der Waals surface area contributed by atoms with Gasteiger partial charge in [-0.25, -0.2) is 0 Å². The van der Waals surface area contributed by atoms with E-state index in [4.69, 9.17) is 10.5 Å². The second kappa shape index (κ2) is 4.20. The molecule has 0 saturated heterocycles. The number of hydrogen-bond acceptors (Lipinski definition) is 4. The van der Waals surface area contributed by atoms with Crippen molar-refractivity contribution in [1.29, 1.82) is 10.5 Å². The average molecular weight is 195 g/mol. The van der Waals surface area contributed by atoms with E-state index < -0.39 is 11.6 Å². The Balaban J connectivity index is 0.00000144. The first kappa shape index (κ1) is 11.1. The van der Waals surface area contributed by atoms with E-state index in [2.05, 4.69) is 0 Å². The molecule has 5 heteroatoms. The molecule has 0 unspecified atom stereocenters. The molecule has 0 aromatic rings. The van der Waals surface area contributed by atoms with Gasteiger partial charge in [-0.15, -0.1) is 12.4 Å². The zero-order valence-electron chi connectivity index (χ0n) is 6.27. The molecule has 1 aliphatic rings. The van der Waals surface area contributed by atoms with Crippen LogP contribution in [0.4, 0.5) is 0 Å². The maximum absolute atomic E-state index is 10.9. The van der Waals surface area contributed by atoms with Crippen molar-refractivity contribution < 1.29 is 9.59 Å². The molecule has 1 rings (SSSR count). The molecule has 0 bridgehead atoms. The minimum Gasteiger partial charge on any atom is -0.288 e. The zero-order valence-corrected chi connectivity index (χ0v) is 7.09. The fourth-order valence-corrected chi connectivity index (χ4v) is 0.786. The predicted molar refractivity (Wildman–Crippen MR) is 44.7 cm³/mol. The summed E-state index contributed by atoms with van der Waals surface area (Å²) in [7, 11) is 0. The fourth-order valence-electron chi connectivity index (χ4n) is 0.786. The number of halogens is 1. The maximum Gasteiger partial charge on any atom is 0.197 e. The Kier molecular flexibility index (Phi) is 3.58. The summed E-state index contributed by atoms with van der Waals surface area (Å²) in [6, 6.07) is 3.04. The minimum absolute atomic E-state index is 0. The van der Waals surface area contributed by atoms with Gasteiger partial charge >= 0.3 is 0 Å². The Morgan fingerprint density at radius 3 is 1.46 bits per heavy atom. The minimum atomic E-state index is -0.589. The highest BCUT2D eigenvalue weighted by molar-refractivity contribution is 6.23. The van der Waals surface area contributed by atoms with Crippen LogP contribution in [0.5, 0.6) is 0 Å². The molecule has 0 atom stereocenters. The Labute approximate surface area is 80.2 Å². The number of hydrogen-bond donors (Lipinski definition) is 0. The molecule has 0 aromatic carbocycles. The first-order valence-electron chi connectivity index (χ1n) is 3.02. The van der Waals surface area contributed by atoms with Gasteiger partial charge in [0.25, 0.3) is 0 Å². The highest BCUT2D eigenvalue weighted by atomic mass is 35.5. The molecule has 0 heterocycles. The Morgan fingerprint density at radius 2 is 1.23 bits per heavy atom. The summed E-state index contributed by atoms with van der Waals surface area (Å²) in [5.74, 6) is -1.18. The molecule has 0 N–H and O–H groups in total. The van der Waals surface area contributed by atoms with Gasteiger partial charge in [0.2, 0.25) is 0 Å². The fraction of sp³-hybridized carbons (Fsp3) is 0. The van der Waals surface area contributed by atoms with Crippen molar-refractivity contribution in [1.82, 2.24) is 0 Å². The van der Waals surface area contributed by atoms with Gasteiger partial charge in [0.15, 0.2) is 11.6 Å². The molecule has 4 nitrogen and oxygen atoms in total. The molecule has 1 aliphatic carbocycles. The molecule has 0 aromatic heterocycles. The number of carbonyl (C=O) groups is 2. The largest absolute Gasteiger partial charge is 0.288 e. The smallest absolute Gasteiger partial charge is 0.197 e. The van der Waals surface area contributed by atoms with Gasteiger partial charge in [-0.2, -0.15) is 10.5 Å². The van der Waals surface area contributed by atoms with Gasteiger partial charge in [-0.3, -0.25) is 9.59 Å². The van der Waals surface area contributed by atoms with E-state index in [-0.39, 0.29) is 23.6 Å². The lowest BCUT2D eigenvalue weighted by Gasteiger charge is -2.00. The summed E-state index contributed by atoms with van der Waals surface area (Å²) >= 11 is 0. The summed E-state index contributed by atoms with van der Waals surface area (Å²) in [6.07, 6.45) is 1.98. The van der Waals surface area contributed by atoms with Gasteiger partial charge < -0.3 is 0 Å². The van der Waals surface area contributed by atoms with Crippen LogP contribution >= 0.6 is 12.4 Å². The highest BCUT2D eigenvalue weighted by Crippen LogP contribution is 2.11. The topological polar surface area (TPSA) is 81.7 Å². The third-order valence-electron chi connectivity index (χ3n) is 1.35. The molecule has 64 valence electrons. The van der Waals surface area contributed by atoms with Crippen LogP contribution in [0, 0.1) is 22.7 Å². The van der Waals surface area contributed by atoms with Crippen LogP contribution in [0.25, 0.3) is 0 Å². The predicted octanol–water partition coefficient (Wildman–Crippen LogP) is 0.460. The van der Waals surface area contributed by atoms with E-state index in [1.54, 1.807) is 0 Å². The van der Waals surface area contributed by atoms with Crippen LogP contribution < -0.4 is 0 Å². The summed E-state index contributed by atoms with van der Waals surface area (Å²) in [6.45, 7) is 0. The van der Waals surface area contributed by atoms with Crippen LogP contribution in [0.2, 0.25) is 0 Å². The van der Waals surface area contributed by atoms with Crippen LogP contribution in [-0.4, -0.2) is 11.6 Å². The van der Waals surface area contributed by atoms with E-state index in [1.807, 2.05) is 0 Å². The van der Waals surface area contributed by atoms with Crippen LogP contribution in [-0.2, 0) is 9.59 Å². The second-order valence-corrected chi connectivity index (χ2v) is 2.04. The van der Waals surface area contributed by atoms with Crippen LogP contribution in [0.15, 0.2) is 23.3 Å². The van der Waals surface area contributed by atoms with Crippen molar-refractivity contribution in [2.45, 2.75) is 0 Å².